The van der Waals surface area contributed by atoms with E-state index >= 15 is 0 Å². The van der Waals surface area contributed by atoms with E-state index in [9.17, 15) is 4.79 Å². The average molecular weight is 298 g/mol. The summed E-state index contributed by atoms with van der Waals surface area (Å²) in [5.74, 6) is -0.213. The maximum Gasteiger partial charge on any atom is 0.328 e. The van der Waals surface area contributed by atoms with Gasteiger partial charge < -0.3 is 9.84 Å². The van der Waals surface area contributed by atoms with Gasteiger partial charge in [0.2, 0.25) is 0 Å². The van der Waals surface area contributed by atoms with Crippen LogP contribution in [0.5, 0.6) is 5.75 Å². The second-order valence-electron chi connectivity index (χ2n) is 5.28. The molecule has 0 aliphatic carbocycles. The smallest absolute Gasteiger partial charge is 0.328 e. The molecule has 0 saturated heterocycles. The number of fused-ring (bicyclic) bond motifs is 1. The molecule has 0 bridgehead atoms. The number of hydrogen-bond donors (Lipinski definition) is 1. The molecule has 2 rings (SSSR count). The first-order valence-corrected chi connectivity index (χ1v) is 7.78. The molecule has 3 nitrogen and oxygen atoms in total. The Bertz CT molecular complexity index is 659. The number of rotatable bonds is 8. The Kier molecular flexibility index (Phi) is 6.01. The fraction of sp³-hybridized carbons (Fsp3) is 0.316. The Morgan fingerprint density at radius 1 is 1.14 bits per heavy atom. The van der Waals surface area contributed by atoms with E-state index in [1.54, 1.807) is 6.08 Å². The number of unbranched alkanes of at least 4 members (excludes halogenated alkanes) is 3. The fourth-order valence-corrected chi connectivity index (χ4v) is 2.44. The zero-order chi connectivity index (χ0) is 15.8. The van der Waals surface area contributed by atoms with Gasteiger partial charge in [0.25, 0.3) is 0 Å². The number of carboxylic acids is 1. The Labute approximate surface area is 131 Å². The van der Waals surface area contributed by atoms with Crippen LogP contribution in [0.1, 0.15) is 38.2 Å². The van der Waals surface area contributed by atoms with Crippen molar-refractivity contribution >= 4 is 22.8 Å². The molecule has 0 fully saturated rings. The number of ether oxygens (including phenoxy) is 1. The van der Waals surface area contributed by atoms with Crippen LogP contribution in [-0.4, -0.2) is 17.7 Å². The zero-order valence-electron chi connectivity index (χ0n) is 12.9. The molecule has 2 aromatic rings. The van der Waals surface area contributed by atoms with Gasteiger partial charge in [0, 0.05) is 11.6 Å². The summed E-state index contributed by atoms with van der Waals surface area (Å²) < 4.78 is 5.88. The summed E-state index contributed by atoms with van der Waals surface area (Å²) >= 11 is 0. The summed E-state index contributed by atoms with van der Waals surface area (Å²) in [6.07, 6.45) is 7.36. The van der Waals surface area contributed by atoms with Crippen molar-refractivity contribution in [1.29, 1.82) is 0 Å². The minimum atomic E-state index is -0.957. The van der Waals surface area contributed by atoms with E-state index < -0.39 is 5.97 Å². The van der Waals surface area contributed by atoms with Crippen molar-refractivity contribution in [3.8, 4) is 5.75 Å². The standard InChI is InChI=1S/C19H22O3/c1-2-3-4-7-14-22-18-12-10-15-8-5-6-9-16(15)17(18)11-13-19(20)21/h5-6,8-13H,2-4,7,14H2,1H3,(H,20,21)/b13-11+. The van der Waals surface area contributed by atoms with Gasteiger partial charge in [-0.1, -0.05) is 56.5 Å². The molecule has 0 aliphatic rings. The van der Waals surface area contributed by atoms with Crippen LogP contribution in [0, 0.1) is 0 Å². The van der Waals surface area contributed by atoms with Gasteiger partial charge >= 0.3 is 5.97 Å². The van der Waals surface area contributed by atoms with Crippen molar-refractivity contribution in [2.75, 3.05) is 6.61 Å². The molecule has 0 spiro atoms. The van der Waals surface area contributed by atoms with Gasteiger partial charge in [-0.3, -0.25) is 0 Å². The van der Waals surface area contributed by atoms with Gasteiger partial charge in [0.15, 0.2) is 0 Å². The average Bonchev–Trinajstić information content (AvgIpc) is 2.53. The van der Waals surface area contributed by atoms with Crippen molar-refractivity contribution in [1.82, 2.24) is 0 Å². The molecule has 1 N–H and O–H groups in total. The van der Waals surface area contributed by atoms with E-state index in [1.165, 1.54) is 12.8 Å². The number of carbonyl (C=O) groups is 1. The highest BCUT2D eigenvalue weighted by Crippen LogP contribution is 2.29. The molecular formula is C19H22O3. The van der Waals surface area contributed by atoms with E-state index in [-0.39, 0.29) is 0 Å². The van der Waals surface area contributed by atoms with Crippen molar-refractivity contribution in [2.24, 2.45) is 0 Å². The lowest BCUT2D eigenvalue weighted by atomic mass is 10.0. The normalized spacial score (nSPS) is 11.1. The number of hydrogen-bond acceptors (Lipinski definition) is 2. The van der Waals surface area contributed by atoms with Crippen LogP contribution in [0.3, 0.4) is 0 Å². The molecule has 0 saturated carbocycles. The van der Waals surface area contributed by atoms with Crippen molar-refractivity contribution in [2.45, 2.75) is 32.6 Å². The van der Waals surface area contributed by atoms with Crippen molar-refractivity contribution in [3.63, 3.8) is 0 Å². The third-order valence-electron chi connectivity index (χ3n) is 3.58. The van der Waals surface area contributed by atoms with Crippen LogP contribution in [-0.2, 0) is 4.79 Å². The molecular weight excluding hydrogens is 276 g/mol. The third-order valence-corrected chi connectivity index (χ3v) is 3.58. The van der Waals surface area contributed by atoms with Crippen LogP contribution >= 0.6 is 0 Å². The molecule has 0 unspecified atom stereocenters. The lowest BCUT2D eigenvalue weighted by molar-refractivity contribution is -0.131. The largest absolute Gasteiger partial charge is 0.493 e. The zero-order valence-corrected chi connectivity index (χ0v) is 12.9. The summed E-state index contributed by atoms with van der Waals surface area (Å²) in [5.41, 5.74) is 0.830. The molecule has 0 heterocycles. The number of aliphatic carboxylic acids is 1. The molecule has 0 radical (unpaired) electrons. The summed E-state index contributed by atoms with van der Waals surface area (Å²) in [6, 6.07) is 11.8. The third kappa shape index (κ3) is 4.35. The molecule has 2 aromatic carbocycles. The summed E-state index contributed by atoms with van der Waals surface area (Å²) in [6.45, 7) is 2.84. The van der Waals surface area contributed by atoms with Gasteiger partial charge in [0.1, 0.15) is 5.75 Å². The lowest BCUT2D eigenvalue weighted by Crippen LogP contribution is -1.99. The van der Waals surface area contributed by atoms with Crippen molar-refractivity contribution in [3.05, 3.63) is 48.0 Å². The fourth-order valence-electron chi connectivity index (χ4n) is 2.44. The lowest BCUT2D eigenvalue weighted by Gasteiger charge is -2.12. The van der Waals surface area contributed by atoms with Gasteiger partial charge in [-0.15, -0.1) is 0 Å². The molecule has 3 heteroatoms. The van der Waals surface area contributed by atoms with Gasteiger partial charge in [-0.05, 0) is 29.3 Å². The summed E-state index contributed by atoms with van der Waals surface area (Å²) in [5, 5.41) is 11.0. The molecule has 22 heavy (non-hydrogen) atoms. The SMILES string of the molecule is CCCCCCOc1ccc2ccccc2c1/C=C/C(=O)O. The van der Waals surface area contributed by atoms with Crippen LogP contribution in [0.15, 0.2) is 42.5 Å². The summed E-state index contributed by atoms with van der Waals surface area (Å²) in [7, 11) is 0. The van der Waals surface area contributed by atoms with Gasteiger partial charge in [0.05, 0.1) is 6.61 Å². The molecule has 0 aromatic heterocycles. The van der Waals surface area contributed by atoms with Gasteiger partial charge in [-0.25, -0.2) is 4.79 Å². The monoisotopic (exact) mass is 298 g/mol. The van der Waals surface area contributed by atoms with Crippen LogP contribution < -0.4 is 4.74 Å². The van der Waals surface area contributed by atoms with Crippen LogP contribution in [0.2, 0.25) is 0 Å². The molecule has 116 valence electrons. The Morgan fingerprint density at radius 2 is 1.95 bits per heavy atom. The van der Waals surface area contributed by atoms with Gasteiger partial charge in [-0.2, -0.15) is 0 Å². The van der Waals surface area contributed by atoms with Crippen LogP contribution in [0.25, 0.3) is 16.8 Å². The minimum absolute atomic E-state index is 0.659. The minimum Gasteiger partial charge on any atom is -0.493 e. The predicted molar refractivity (Wildman–Crippen MR) is 90.3 cm³/mol. The number of carboxylic acid groups (broad SMARTS) is 1. The van der Waals surface area contributed by atoms with E-state index in [0.717, 1.165) is 41.0 Å². The maximum absolute atomic E-state index is 10.8. The molecule has 0 aliphatic heterocycles. The van der Waals surface area contributed by atoms with Crippen molar-refractivity contribution < 1.29 is 14.6 Å². The first-order chi connectivity index (χ1) is 10.7. The van der Waals surface area contributed by atoms with Crippen LogP contribution in [0.4, 0.5) is 0 Å². The van der Waals surface area contributed by atoms with E-state index in [0.29, 0.717) is 6.61 Å². The molecule has 0 amide bonds. The maximum atomic E-state index is 10.8. The Balaban J connectivity index is 2.24. The quantitative estimate of drug-likeness (QED) is 0.557. The first-order valence-electron chi connectivity index (χ1n) is 7.78. The van der Waals surface area contributed by atoms with E-state index in [2.05, 4.69) is 6.92 Å². The highest BCUT2D eigenvalue weighted by Gasteiger charge is 2.07. The highest BCUT2D eigenvalue weighted by molar-refractivity contribution is 5.96. The second kappa shape index (κ2) is 8.23. The first kappa shape index (κ1) is 16.1. The molecule has 0 atom stereocenters. The summed E-state index contributed by atoms with van der Waals surface area (Å²) in [4.78, 5) is 10.8. The van der Waals surface area contributed by atoms with E-state index in [1.807, 2.05) is 36.4 Å². The Morgan fingerprint density at radius 3 is 2.73 bits per heavy atom. The second-order valence-corrected chi connectivity index (χ2v) is 5.28. The number of benzene rings is 2. The highest BCUT2D eigenvalue weighted by atomic mass is 16.5. The van der Waals surface area contributed by atoms with E-state index in [4.69, 9.17) is 9.84 Å². The predicted octanol–water partition coefficient (Wildman–Crippen LogP) is 4.90. The topological polar surface area (TPSA) is 46.5 Å². The Hall–Kier alpha value is -2.29.